The van der Waals surface area contributed by atoms with Crippen molar-refractivity contribution in [3.8, 4) is 0 Å². The highest BCUT2D eigenvalue weighted by Gasteiger charge is 2.54. The second-order valence-electron chi connectivity index (χ2n) is 6.99. The minimum absolute atomic E-state index is 0.0593. The van der Waals surface area contributed by atoms with E-state index in [1.165, 1.54) is 19.3 Å². The number of ketones is 3. The molecule has 0 radical (unpaired) electrons. The molecule has 0 bridgehead atoms. The average Bonchev–Trinajstić information content (AvgIpc) is 2.91. The average molecular weight is 346 g/mol. The third-order valence-electron chi connectivity index (χ3n) is 5.34. The van der Waals surface area contributed by atoms with E-state index in [9.17, 15) is 19.2 Å². The Morgan fingerprint density at radius 3 is 2.52 bits per heavy atom. The van der Waals surface area contributed by atoms with Crippen molar-refractivity contribution in [3.63, 3.8) is 0 Å². The molecule has 0 heterocycles. The van der Waals surface area contributed by atoms with Gasteiger partial charge in [-0.2, -0.15) is 0 Å². The molecule has 2 aliphatic carbocycles. The Morgan fingerprint density at radius 2 is 1.80 bits per heavy atom. The topological polar surface area (TPSA) is 77.5 Å². The third-order valence-corrected chi connectivity index (χ3v) is 5.34. The molecule has 1 fully saturated rings. The van der Waals surface area contributed by atoms with Gasteiger partial charge in [0, 0.05) is 25.7 Å². The Bertz CT molecular complexity index is 628. The van der Waals surface area contributed by atoms with Gasteiger partial charge >= 0.3 is 5.97 Å². The minimum Gasteiger partial charge on any atom is -0.468 e. The fraction of sp³-hybridized carbons (Fsp3) is 0.600. The highest BCUT2D eigenvalue weighted by Crippen LogP contribution is 2.45. The zero-order valence-electron chi connectivity index (χ0n) is 15.0. The Hall–Kier alpha value is -2.04. The van der Waals surface area contributed by atoms with Gasteiger partial charge in [0.15, 0.2) is 11.6 Å². The monoisotopic (exact) mass is 346 g/mol. The van der Waals surface area contributed by atoms with Crippen molar-refractivity contribution in [1.29, 1.82) is 0 Å². The lowest BCUT2D eigenvalue weighted by molar-refractivity contribution is -0.155. The summed E-state index contributed by atoms with van der Waals surface area (Å²) in [6.07, 6.45) is 8.61. The van der Waals surface area contributed by atoms with E-state index in [1.54, 1.807) is 0 Å². The molecule has 0 aromatic carbocycles. The first-order chi connectivity index (χ1) is 11.9. The molecule has 2 atom stereocenters. The van der Waals surface area contributed by atoms with Crippen LogP contribution in [0.15, 0.2) is 23.8 Å². The normalized spacial score (nSPS) is 32.3. The van der Waals surface area contributed by atoms with Crippen LogP contribution in [0, 0.1) is 11.3 Å². The fourth-order valence-electron chi connectivity index (χ4n) is 3.75. The van der Waals surface area contributed by atoms with Crippen LogP contribution in [0.1, 0.15) is 58.3 Å². The Kier molecular flexibility index (Phi) is 6.45. The first-order valence-corrected chi connectivity index (χ1v) is 8.91. The molecule has 2 aliphatic rings. The Morgan fingerprint density at radius 1 is 1.08 bits per heavy atom. The van der Waals surface area contributed by atoms with Crippen LogP contribution < -0.4 is 0 Å². The number of esters is 1. The van der Waals surface area contributed by atoms with Gasteiger partial charge in [0.1, 0.15) is 11.2 Å². The molecule has 2 rings (SSSR count). The van der Waals surface area contributed by atoms with Gasteiger partial charge in [0.2, 0.25) is 0 Å². The summed E-state index contributed by atoms with van der Waals surface area (Å²) in [5.41, 5.74) is -0.236. The van der Waals surface area contributed by atoms with Gasteiger partial charge in [-0.15, -0.1) is 0 Å². The maximum Gasteiger partial charge on any atom is 0.323 e. The first kappa shape index (κ1) is 19.3. The number of hydrogen-bond donors (Lipinski definition) is 0. The van der Waals surface area contributed by atoms with E-state index in [1.807, 2.05) is 6.92 Å². The summed E-state index contributed by atoms with van der Waals surface area (Å²) in [4.78, 5) is 49.0. The molecule has 0 N–H and O–H groups in total. The number of rotatable bonds is 1. The summed E-state index contributed by atoms with van der Waals surface area (Å²) in [6, 6.07) is 0. The van der Waals surface area contributed by atoms with Gasteiger partial charge < -0.3 is 4.74 Å². The van der Waals surface area contributed by atoms with Crippen LogP contribution in [-0.4, -0.2) is 30.4 Å². The van der Waals surface area contributed by atoms with Crippen LogP contribution in [0.3, 0.4) is 0 Å². The molecule has 0 amide bonds. The molecule has 0 aliphatic heterocycles. The summed E-state index contributed by atoms with van der Waals surface area (Å²) in [5.74, 6) is -1.11. The number of methoxy groups -OCH3 is 1. The van der Waals surface area contributed by atoms with Crippen molar-refractivity contribution >= 4 is 23.3 Å². The van der Waals surface area contributed by atoms with Crippen LogP contribution in [0.25, 0.3) is 0 Å². The zero-order valence-corrected chi connectivity index (χ0v) is 15.0. The number of ether oxygens (including phenoxy) is 1. The van der Waals surface area contributed by atoms with E-state index in [-0.39, 0.29) is 36.1 Å². The molecule has 136 valence electrons. The molecule has 1 saturated carbocycles. The highest BCUT2D eigenvalue weighted by atomic mass is 16.5. The highest BCUT2D eigenvalue weighted by molar-refractivity contribution is 6.08. The second-order valence-corrected chi connectivity index (χ2v) is 6.99. The van der Waals surface area contributed by atoms with E-state index >= 15 is 0 Å². The molecule has 0 unspecified atom stereocenters. The lowest BCUT2D eigenvalue weighted by Gasteiger charge is -2.28. The Labute approximate surface area is 148 Å². The van der Waals surface area contributed by atoms with Crippen molar-refractivity contribution in [2.24, 2.45) is 11.3 Å². The van der Waals surface area contributed by atoms with Gasteiger partial charge in [-0.1, -0.05) is 17.7 Å². The summed E-state index contributed by atoms with van der Waals surface area (Å²) in [6.45, 7) is 1.98. The van der Waals surface area contributed by atoms with Crippen molar-refractivity contribution in [2.45, 2.75) is 58.3 Å². The van der Waals surface area contributed by atoms with Gasteiger partial charge in [0.05, 0.1) is 7.11 Å². The van der Waals surface area contributed by atoms with E-state index < -0.39 is 11.4 Å². The van der Waals surface area contributed by atoms with Crippen LogP contribution in [0.4, 0.5) is 0 Å². The SMILES string of the molecule is COC(=O)[C@@]12/C=C\C(=O)CCC(=O)CC/C(C)=C/CC[C@H]1CCC2=O. The lowest BCUT2D eigenvalue weighted by atomic mass is 9.74. The maximum absolute atomic E-state index is 12.6. The van der Waals surface area contributed by atoms with Crippen molar-refractivity contribution in [3.05, 3.63) is 23.8 Å². The van der Waals surface area contributed by atoms with Crippen molar-refractivity contribution in [2.75, 3.05) is 7.11 Å². The predicted octanol–water partition coefficient (Wildman–Crippen LogP) is 3.12. The predicted molar refractivity (Wildman–Crippen MR) is 92.8 cm³/mol. The standard InChI is InChI=1S/C20H26O5/c1-14-4-3-5-15-7-11-18(23)20(15,19(24)25-2)13-12-17(22)10-9-16(21)8-6-14/h4,12-13,15H,3,5-11H2,1-2H3/b13-12-,14-4+/t15-,20-/m0/s1. The number of fused-ring (bicyclic) bond motifs is 1. The number of hydrogen-bond acceptors (Lipinski definition) is 5. The summed E-state index contributed by atoms with van der Waals surface area (Å²) in [5, 5.41) is 0. The van der Waals surface area contributed by atoms with E-state index in [0.717, 1.165) is 12.0 Å². The molecule has 0 aromatic heterocycles. The smallest absolute Gasteiger partial charge is 0.323 e. The van der Waals surface area contributed by atoms with E-state index in [0.29, 0.717) is 32.1 Å². The number of carbonyl (C=O) groups is 4. The Balaban J connectivity index is 2.36. The molecule has 0 aromatic rings. The quantitative estimate of drug-likeness (QED) is 0.414. The molecule has 0 spiro atoms. The number of allylic oxidation sites excluding steroid dienone is 3. The molecule has 5 nitrogen and oxygen atoms in total. The van der Waals surface area contributed by atoms with Gasteiger partial charge in [-0.25, -0.2) is 0 Å². The van der Waals surface area contributed by atoms with Gasteiger partial charge in [-0.05, 0) is 44.6 Å². The lowest BCUT2D eigenvalue weighted by Crippen LogP contribution is -2.40. The zero-order chi connectivity index (χ0) is 18.4. The summed E-state index contributed by atoms with van der Waals surface area (Å²) in [7, 11) is 1.27. The van der Waals surface area contributed by atoms with Crippen LogP contribution in [0.5, 0.6) is 0 Å². The van der Waals surface area contributed by atoms with Gasteiger partial charge in [-0.3, -0.25) is 19.2 Å². The number of carbonyl (C=O) groups excluding carboxylic acids is 4. The van der Waals surface area contributed by atoms with Crippen LogP contribution >= 0.6 is 0 Å². The van der Waals surface area contributed by atoms with E-state index in [4.69, 9.17) is 4.74 Å². The van der Waals surface area contributed by atoms with Gasteiger partial charge in [0.25, 0.3) is 0 Å². The molecule has 5 heteroatoms. The molecular weight excluding hydrogens is 320 g/mol. The minimum atomic E-state index is -1.36. The first-order valence-electron chi connectivity index (χ1n) is 8.91. The maximum atomic E-state index is 12.6. The van der Waals surface area contributed by atoms with Crippen molar-refractivity contribution in [1.82, 2.24) is 0 Å². The second kappa shape index (κ2) is 8.37. The number of Topliss-reactive ketones (excluding diaryl/α,β-unsaturated/α-hetero) is 2. The fourth-order valence-corrected chi connectivity index (χ4v) is 3.75. The molecular formula is C20H26O5. The molecule has 25 heavy (non-hydrogen) atoms. The third kappa shape index (κ3) is 4.33. The van der Waals surface area contributed by atoms with Crippen LogP contribution in [0.2, 0.25) is 0 Å². The van der Waals surface area contributed by atoms with E-state index in [2.05, 4.69) is 6.08 Å². The largest absolute Gasteiger partial charge is 0.468 e. The summed E-state index contributed by atoms with van der Waals surface area (Å²) >= 11 is 0. The van der Waals surface area contributed by atoms with Crippen LogP contribution in [-0.2, 0) is 23.9 Å². The summed E-state index contributed by atoms with van der Waals surface area (Å²) < 4.78 is 4.92. The van der Waals surface area contributed by atoms with Crippen molar-refractivity contribution < 1.29 is 23.9 Å². The molecule has 0 saturated heterocycles.